The summed E-state index contributed by atoms with van der Waals surface area (Å²) in [5, 5.41) is 36.9. The molecule has 0 aliphatic carbocycles. The summed E-state index contributed by atoms with van der Waals surface area (Å²) in [4.78, 5) is 20.2. The maximum Gasteiger partial charge on any atom is 0.495 e. The summed E-state index contributed by atoms with van der Waals surface area (Å²) in [7, 11) is -2.08. The average Bonchev–Trinajstić information content (AvgIpc) is 2.16. The summed E-state index contributed by atoms with van der Waals surface area (Å²) < 4.78 is 0. The van der Waals surface area contributed by atoms with Gasteiger partial charge in [0.05, 0.1) is 10.4 Å². The van der Waals surface area contributed by atoms with Gasteiger partial charge in [-0.05, 0) is 6.07 Å². The Kier molecular flexibility index (Phi) is 3.03. The first-order chi connectivity index (χ1) is 6.95. The summed E-state index contributed by atoms with van der Waals surface area (Å²) in [6.07, 6.45) is 0. The van der Waals surface area contributed by atoms with Crippen molar-refractivity contribution in [3.05, 3.63) is 33.9 Å². The van der Waals surface area contributed by atoms with Crippen LogP contribution in [-0.2, 0) is 0 Å². The van der Waals surface area contributed by atoms with E-state index in [0.717, 1.165) is 12.1 Å². The van der Waals surface area contributed by atoms with Crippen molar-refractivity contribution in [2.24, 2.45) is 0 Å². The van der Waals surface area contributed by atoms with Gasteiger partial charge in [0.15, 0.2) is 0 Å². The van der Waals surface area contributed by atoms with Crippen molar-refractivity contribution in [2.45, 2.75) is 0 Å². The Bertz CT molecular complexity index is 418. The van der Waals surface area contributed by atoms with Gasteiger partial charge < -0.3 is 15.2 Å². The van der Waals surface area contributed by atoms with E-state index in [0.29, 0.717) is 0 Å². The van der Waals surface area contributed by atoms with Crippen LogP contribution >= 0.6 is 0 Å². The number of carboxylic acid groups (broad SMARTS) is 1. The first kappa shape index (κ1) is 11.2. The highest BCUT2D eigenvalue weighted by atomic mass is 16.6. The van der Waals surface area contributed by atoms with Crippen molar-refractivity contribution >= 4 is 24.2 Å². The van der Waals surface area contributed by atoms with Crippen LogP contribution in [0, 0.1) is 10.1 Å². The van der Waals surface area contributed by atoms with E-state index < -0.39 is 34.7 Å². The van der Waals surface area contributed by atoms with Crippen LogP contribution in [0.2, 0.25) is 0 Å². The van der Waals surface area contributed by atoms with Crippen LogP contribution in [0.1, 0.15) is 10.4 Å². The number of nitrogens with zero attached hydrogens (tertiary/aromatic N) is 1. The van der Waals surface area contributed by atoms with Crippen molar-refractivity contribution in [1.82, 2.24) is 0 Å². The molecule has 0 aromatic heterocycles. The number of rotatable bonds is 3. The summed E-state index contributed by atoms with van der Waals surface area (Å²) in [6, 6.07) is 3.30. The first-order valence-corrected chi connectivity index (χ1v) is 3.82. The number of nitro benzene ring substituents is 1. The lowest BCUT2D eigenvalue weighted by molar-refractivity contribution is -0.384. The zero-order valence-electron chi connectivity index (χ0n) is 7.32. The summed E-state index contributed by atoms with van der Waals surface area (Å²) in [6.45, 7) is 0. The normalized spacial score (nSPS) is 9.73. The molecule has 0 saturated carbocycles. The van der Waals surface area contributed by atoms with Gasteiger partial charge in [-0.3, -0.25) is 10.1 Å². The molecule has 1 aromatic carbocycles. The molecule has 0 fully saturated rings. The SMILES string of the molecule is O=C(O)c1cccc(B(O)O)c1[N+](=O)[O-]. The van der Waals surface area contributed by atoms with E-state index in [1.165, 1.54) is 6.07 Å². The smallest absolute Gasteiger partial charge is 0.477 e. The Labute approximate surface area is 83.9 Å². The lowest BCUT2D eigenvalue weighted by atomic mass is 9.78. The Morgan fingerprint density at radius 2 is 2.00 bits per heavy atom. The molecule has 0 spiro atoms. The van der Waals surface area contributed by atoms with Gasteiger partial charge >= 0.3 is 13.1 Å². The van der Waals surface area contributed by atoms with Gasteiger partial charge in [-0.2, -0.15) is 0 Å². The number of benzene rings is 1. The third kappa shape index (κ3) is 2.11. The van der Waals surface area contributed by atoms with Gasteiger partial charge in [-0.15, -0.1) is 0 Å². The summed E-state index contributed by atoms with van der Waals surface area (Å²) in [5.41, 5.74) is -1.83. The van der Waals surface area contributed by atoms with Crippen molar-refractivity contribution < 1.29 is 24.9 Å². The molecular formula is C7H6BNO6. The number of hydrogen-bond acceptors (Lipinski definition) is 5. The topological polar surface area (TPSA) is 121 Å². The highest BCUT2D eigenvalue weighted by Gasteiger charge is 2.29. The molecule has 78 valence electrons. The van der Waals surface area contributed by atoms with Crippen LogP contribution in [0.3, 0.4) is 0 Å². The molecule has 0 heterocycles. The van der Waals surface area contributed by atoms with Crippen LogP contribution in [0.5, 0.6) is 0 Å². The Morgan fingerprint density at radius 1 is 1.40 bits per heavy atom. The van der Waals surface area contributed by atoms with E-state index in [-0.39, 0.29) is 0 Å². The number of nitro groups is 1. The molecule has 15 heavy (non-hydrogen) atoms. The van der Waals surface area contributed by atoms with Crippen LogP contribution in [0.4, 0.5) is 5.69 Å². The van der Waals surface area contributed by atoms with Gasteiger partial charge in [0.2, 0.25) is 0 Å². The molecule has 1 aromatic rings. The molecule has 0 saturated heterocycles. The molecule has 0 amide bonds. The Hall–Kier alpha value is -1.93. The standard InChI is InChI=1S/C7H6BNO6/c10-7(11)4-2-1-3-5(8(12)13)6(4)9(14)15/h1-3,12-13H,(H,10,11). The molecule has 0 radical (unpaired) electrons. The Morgan fingerprint density at radius 3 is 2.40 bits per heavy atom. The minimum absolute atomic E-state index is 0.445. The fourth-order valence-corrected chi connectivity index (χ4v) is 1.15. The monoisotopic (exact) mass is 211 g/mol. The van der Waals surface area contributed by atoms with Crippen molar-refractivity contribution in [1.29, 1.82) is 0 Å². The highest BCUT2D eigenvalue weighted by molar-refractivity contribution is 6.60. The van der Waals surface area contributed by atoms with Gasteiger partial charge in [-0.1, -0.05) is 12.1 Å². The second kappa shape index (κ2) is 4.07. The lowest BCUT2D eigenvalue weighted by Gasteiger charge is -2.03. The van der Waals surface area contributed by atoms with Crippen LogP contribution in [0.15, 0.2) is 18.2 Å². The number of aromatic carboxylic acids is 1. The molecule has 0 bridgehead atoms. The highest BCUT2D eigenvalue weighted by Crippen LogP contribution is 2.15. The van der Waals surface area contributed by atoms with E-state index >= 15 is 0 Å². The maximum atomic E-state index is 10.6. The van der Waals surface area contributed by atoms with E-state index in [1.54, 1.807) is 0 Å². The summed E-state index contributed by atoms with van der Waals surface area (Å²) in [5.74, 6) is -1.50. The second-order valence-electron chi connectivity index (χ2n) is 2.68. The molecule has 0 aliphatic heterocycles. The van der Waals surface area contributed by atoms with Gasteiger partial charge in [-0.25, -0.2) is 4.79 Å². The molecule has 0 unspecified atom stereocenters. The minimum atomic E-state index is -2.08. The predicted octanol–water partition coefficient (Wildman–Crippen LogP) is -1.03. The molecular weight excluding hydrogens is 205 g/mol. The Balaban J connectivity index is 3.48. The van der Waals surface area contributed by atoms with E-state index in [2.05, 4.69) is 0 Å². The quantitative estimate of drug-likeness (QED) is 0.334. The van der Waals surface area contributed by atoms with E-state index in [9.17, 15) is 14.9 Å². The van der Waals surface area contributed by atoms with E-state index in [4.69, 9.17) is 15.2 Å². The van der Waals surface area contributed by atoms with Crippen LogP contribution in [-0.4, -0.2) is 33.2 Å². The largest absolute Gasteiger partial charge is 0.495 e. The van der Waals surface area contributed by atoms with Crippen LogP contribution < -0.4 is 5.46 Å². The van der Waals surface area contributed by atoms with Crippen LogP contribution in [0.25, 0.3) is 0 Å². The second-order valence-corrected chi connectivity index (χ2v) is 2.68. The molecule has 1 rings (SSSR count). The zero-order valence-corrected chi connectivity index (χ0v) is 7.32. The maximum absolute atomic E-state index is 10.6. The molecule has 0 aliphatic rings. The van der Waals surface area contributed by atoms with Crippen molar-refractivity contribution in [3.63, 3.8) is 0 Å². The number of carbonyl (C=O) groups is 1. The average molecular weight is 211 g/mol. The first-order valence-electron chi connectivity index (χ1n) is 3.82. The number of hydrogen-bond donors (Lipinski definition) is 3. The molecule has 8 heteroatoms. The lowest BCUT2D eigenvalue weighted by Crippen LogP contribution is -2.33. The summed E-state index contributed by atoms with van der Waals surface area (Å²) >= 11 is 0. The molecule has 3 N–H and O–H groups in total. The van der Waals surface area contributed by atoms with Gasteiger partial charge in [0.25, 0.3) is 5.69 Å². The van der Waals surface area contributed by atoms with Gasteiger partial charge in [0.1, 0.15) is 5.56 Å². The van der Waals surface area contributed by atoms with Gasteiger partial charge in [0, 0.05) is 0 Å². The zero-order chi connectivity index (χ0) is 11.6. The van der Waals surface area contributed by atoms with Crippen molar-refractivity contribution in [3.8, 4) is 0 Å². The number of carboxylic acids is 1. The van der Waals surface area contributed by atoms with E-state index in [1.807, 2.05) is 0 Å². The predicted molar refractivity (Wildman–Crippen MR) is 49.9 cm³/mol. The fraction of sp³-hybridized carbons (Fsp3) is 0. The molecule has 7 nitrogen and oxygen atoms in total. The molecule has 0 atom stereocenters. The third-order valence-electron chi connectivity index (χ3n) is 1.76. The van der Waals surface area contributed by atoms with Crippen molar-refractivity contribution in [2.75, 3.05) is 0 Å². The number of para-hydroxylation sites is 1. The minimum Gasteiger partial charge on any atom is -0.477 e. The third-order valence-corrected chi connectivity index (χ3v) is 1.76. The fourth-order valence-electron chi connectivity index (χ4n) is 1.15.